The number of carbonyl (C=O) groups excluding carboxylic acids is 1. The normalized spacial score (nSPS) is 21.4. The molecule has 0 saturated carbocycles. The molecule has 6 nitrogen and oxygen atoms in total. The molecule has 2 fully saturated rings. The number of alkyl halides is 3. The van der Waals surface area contributed by atoms with Crippen LogP contribution in [0.3, 0.4) is 0 Å². The molecule has 0 radical (unpaired) electrons. The quantitative estimate of drug-likeness (QED) is 0.736. The van der Waals surface area contributed by atoms with E-state index in [9.17, 15) is 18.0 Å². The first kappa shape index (κ1) is 23.9. The molecule has 0 spiro atoms. The zero-order valence-electron chi connectivity index (χ0n) is 18.7. The first-order valence-electron chi connectivity index (χ1n) is 11.2. The van der Waals surface area contributed by atoms with Crippen LogP contribution in [-0.2, 0) is 6.18 Å². The van der Waals surface area contributed by atoms with Crippen LogP contribution >= 0.6 is 0 Å². The van der Waals surface area contributed by atoms with E-state index in [1.165, 1.54) is 12.3 Å². The second-order valence-electron chi connectivity index (χ2n) is 8.97. The molecule has 0 aliphatic carbocycles. The van der Waals surface area contributed by atoms with Crippen LogP contribution in [0.1, 0.15) is 49.7 Å². The second kappa shape index (κ2) is 9.83. The predicted molar refractivity (Wildman–Crippen MR) is 114 cm³/mol. The predicted octanol–water partition coefficient (Wildman–Crippen LogP) is 2.71. The van der Waals surface area contributed by atoms with Crippen molar-refractivity contribution in [3.63, 3.8) is 0 Å². The molecule has 1 amide bonds. The fraction of sp³-hybridized carbons (Fsp3) is 0.727. The van der Waals surface area contributed by atoms with Crippen molar-refractivity contribution >= 4 is 5.91 Å². The van der Waals surface area contributed by atoms with Crippen LogP contribution in [0.5, 0.6) is 0 Å². The number of pyridine rings is 1. The molecule has 0 aromatic carbocycles. The van der Waals surface area contributed by atoms with E-state index in [0.717, 1.165) is 51.9 Å². The van der Waals surface area contributed by atoms with Crippen molar-refractivity contribution in [2.24, 2.45) is 0 Å². The third-order valence-corrected chi connectivity index (χ3v) is 6.63. The standard InChI is InChI=1S/C22H34F3N5O/c1-4-28-12-14-29(15-13-28)16-21(7-10-30(11-8-21)17(2)3)27-20(31)19-18(22(23,24)25)6-5-9-26-19/h5-6,9,17H,4,7-8,10-16H2,1-3H3,(H,27,31). The first-order valence-corrected chi connectivity index (χ1v) is 11.2. The zero-order chi connectivity index (χ0) is 22.6. The summed E-state index contributed by atoms with van der Waals surface area (Å²) in [6.45, 7) is 13.4. The van der Waals surface area contributed by atoms with Crippen molar-refractivity contribution in [3.8, 4) is 0 Å². The summed E-state index contributed by atoms with van der Waals surface area (Å²) < 4.78 is 40.3. The van der Waals surface area contributed by atoms with Crippen molar-refractivity contribution < 1.29 is 18.0 Å². The van der Waals surface area contributed by atoms with Gasteiger partial charge in [-0.15, -0.1) is 0 Å². The maximum Gasteiger partial charge on any atom is 0.418 e. The summed E-state index contributed by atoms with van der Waals surface area (Å²) in [7, 11) is 0. The van der Waals surface area contributed by atoms with Crippen LogP contribution in [0.15, 0.2) is 18.3 Å². The summed E-state index contributed by atoms with van der Waals surface area (Å²) in [5, 5.41) is 3.01. The third-order valence-electron chi connectivity index (χ3n) is 6.63. The van der Waals surface area contributed by atoms with Crippen LogP contribution in [0.4, 0.5) is 13.2 Å². The van der Waals surface area contributed by atoms with Gasteiger partial charge in [-0.05, 0) is 45.4 Å². The van der Waals surface area contributed by atoms with E-state index >= 15 is 0 Å². The highest BCUT2D eigenvalue weighted by Gasteiger charge is 2.41. The zero-order valence-corrected chi connectivity index (χ0v) is 18.7. The van der Waals surface area contributed by atoms with E-state index in [1.807, 2.05) is 0 Å². The average Bonchev–Trinajstić information content (AvgIpc) is 2.74. The van der Waals surface area contributed by atoms with Crippen LogP contribution in [0.25, 0.3) is 0 Å². The van der Waals surface area contributed by atoms with Gasteiger partial charge < -0.3 is 15.1 Å². The van der Waals surface area contributed by atoms with Gasteiger partial charge in [0.1, 0.15) is 5.69 Å². The fourth-order valence-electron chi connectivity index (χ4n) is 4.60. The van der Waals surface area contributed by atoms with Crippen LogP contribution < -0.4 is 5.32 Å². The van der Waals surface area contributed by atoms with E-state index in [-0.39, 0.29) is 0 Å². The first-order chi connectivity index (χ1) is 14.6. The SMILES string of the molecule is CCN1CCN(CC2(NC(=O)c3ncccc3C(F)(F)F)CCN(C(C)C)CC2)CC1. The lowest BCUT2D eigenvalue weighted by Crippen LogP contribution is -2.63. The number of hydrogen-bond donors (Lipinski definition) is 1. The van der Waals surface area contributed by atoms with Gasteiger partial charge in [-0.3, -0.25) is 14.7 Å². The molecule has 2 saturated heterocycles. The monoisotopic (exact) mass is 441 g/mol. The fourth-order valence-corrected chi connectivity index (χ4v) is 4.60. The molecule has 9 heteroatoms. The third kappa shape index (κ3) is 5.96. The van der Waals surface area contributed by atoms with Crippen molar-refractivity contribution in [1.29, 1.82) is 0 Å². The minimum absolute atomic E-state index is 0.398. The molecule has 3 heterocycles. The number of carbonyl (C=O) groups is 1. The maximum atomic E-state index is 13.4. The minimum Gasteiger partial charge on any atom is -0.344 e. The van der Waals surface area contributed by atoms with E-state index in [4.69, 9.17) is 0 Å². The smallest absolute Gasteiger partial charge is 0.344 e. The van der Waals surface area contributed by atoms with Gasteiger partial charge in [-0.25, -0.2) is 0 Å². The van der Waals surface area contributed by atoms with Crippen molar-refractivity contribution in [2.45, 2.75) is 51.4 Å². The van der Waals surface area contributed by atoms with E-state index in [1.54, 1.807) is 0 Å². The number of aromatic nitrogens is 1. The number of nitrogens with zero attached hydrogens (tertiary/aromatic N) is 4. The Bertz CT molecular complexity index is 739. The van der Waals surface area contributed by atoms with E-state index < -0.39 is 28.9 Å². The lowest BCUT2D eigenvalue weighted by atomic mass is 9.85. The van der Waals surface area contributed by atoms with Crippen LogP contribution in [0, 0.1) is 0 Å². The Morgan fingerprint density at radius 1 is 1.13 bits per heavy atom. The Balaban J connectivity index is 1.78. The topological polar surface area (TPSA) is 51.7 Å². The number of hydrogen-bond acceptors (Lipinski definition) is 5. The van der Waals surface area contributed by atoms with Gasteiger partial charge in [0.2, 0.25) is 0 Å². The largest absolute Gasteiger partial charge is 0.418 e. The molecule has 3 rings (SSSR count). The average molecular weight is 442 g/mol. The van der Waals surface area contributed by atoms with E-state index in [2.05, 4.69) is 45.8 Å². The number of nitrogens with one attached hydrogen (secondary N) is 1. The van der Waals surface area contributed by atoms with Crippen molar-refractivity contribution in [2.75, 3.05) is 52.4 Å². The molecule has 0 unspecified atom stereocenters. The number of rotatable bonds is 6. The Morgan fingerprint density at radius 3 is 2.29 bits per heavy atom. The summed E-state index contributed by atoms with van der Waals surface area (Å²) in [5.74, 6) is -0.738. The van der Waals surface area contributed by atoms with Crippen LogP contribution in [-0.4, -0.2) is 89.5 Å². The lowest BCUT2D eigenvalue weighted by Gasteiger charge is -2.47. The molecule has 0 atom stereocenters. The van der Waals surface area contributed by atoms with Gasteiger partial charge in [0.05, 0.1) is 11.1 Å². The Labute approximate surface area is 182 Å². The van der Waals surface area contributed by atoms with Gasteiger partial charge in [-0.2, -0.15) is 13.2 Å². The molecule has 2 aliphatic heterocycles. The van der Waals surface area contributed by atoms with Gasteiger partial charge in [0.25, 0.3) is 5.91 Å². The Morgan fingerprint density at radius 2 is 1.74 bits per heavy atom. The molecule has 0 bridgehead atoms. The summed E-state index contributed by atoms with van der Waals surface area (Å²) in [6, 6.07) is 2.53. The molecular formula is C22H34F3N5O. The number of piperidine rings is 1. The lowest BCUT2D eigenvalue weighted by molar-refractivity contribution is -0.138. The summed E-state index contributed by atoms with van der Waals surface area (Å²) in [5.41, 5.74) is -2.09. The Kier molecular flexibility index (Phi) is 7.59. The molecule has 174 valence electrons. The highest BCUT2D eigenvalue weighted by atomic mass is 19.4. The number of amides is 1. The highest BCUT2D eigenvalue weighted by Crippen LogP contribution is 2.32. The van der Waals surface area contributed by atoms with Gasteiger partial charge in [-0.1, -0.05) is 6.92 Å². The molecule has 1 N–H and O–H groups in total. The number of halogens is 3. The molecular weight excluding hydrogens is 407 g/mol. The Hall–Kier alpha value is -1.71. The summed E-state index contributed by atoms with van der Waals surface area (Å²) in [6.07, 6.45) is -1.97. The molecule has 1 aromatic rings. The second-order valence-corrected chi connectivity index (χ2v) is 8.97. The van der Waals surface area contributed by atoms with Crippen molar-refractivity contribution in [1.82, 2.24) is 25.0 Å². The molecule has 2 aliphatic rings. The number of likely N-dealkylation sites (N-methyl/N-ethyl adjacent to an activating group) is 1. The number of likely N-dealkylation sites (tertiary alicyclic amines) is 1. The van der Waals surface area contributed by atoms with Gasteiger partial charge in [0, 0.05) is 58.1 Å². The highest BCUT2D eigenvalue weighted by molar-refractivity contribution is 5.94. The van der Waals surface area contributed by atoms with Crippen molar-refractivity contribution in [3.05, 3.63) is 29.6 Å². The van der Waals surface area contributed by atoms with Gasteiger partial charge >= 0.3 is 6.18 Å². The molecule has 31 heavy (non-hydrogen) atoms. The number of piperazine rings is 1. The minimum atomic E-state index is -4.62. The molecule has 1 aromatic heterocycles. The van der Waals surface area contributed by atoms with Gasteiger partial charge in [0.15, 0.2) is 0 Å². The van der Waals surface area contributed by atoms with E-state index in [0.29, 0.717) is 25.4 Å². The maximum absolute atomic E-state index is 13.4. The summed E-state index contributed by atoms with van der Waals surface area (Å²) in [4.78, 5) is 23.9. The summed E-state index contributed by atoms with van der Waals surface area (Å²) >= 11 is 0. The van der Waals surface area contributed by atoms with Crippen LogP contribution in [0.2, 0.25) is 0 Å².